The van der Waals surface area contributed by atoms with Crippen molar-refractivity contribution in [3.63, 3.8) is 0 Å². The summed E-state index contributed by atoms with van der Waals surface area (Å²) in [6, 6.07) is 69.1. The summed E-state index contributed by atoms with van der Waals surface area (Å²) < 4.78 is 13.5. The van der Waals surface area contributed by atoms with E-state index in [2.05, 4.69) is 182 Å². The van der Waals surface area contributed by atoms with E-state index in [9.17, 15) is 0 Å². The van der Waals surface area contributed by atoms with E-state index in [-0.39, 0.29) is 0 Å². The van der Waals surface area contributed by atoms with E-state index in [0.29, 0.717) is 0 Å². The number of hydrogen-bond acceptors (Lipinski definition) is 2. The zero-order valence-electron chi connectivity index (χ0n) is 29.3. The summed E-state index contributed by atoms with van der Waals surface area (Å²) >= 11 is 0. The van der Waals surface area contributed by atoms with Crippen molar-refractivity contribution >= 4 is 54.5 Å². The van der Waals surface area contributed by atoms with Crippen LogP contribution >= 0.6 is 0 Å². The third kappa shape index (κ3) is 4.74. The van der Waals surface area contributed by atoms with Gasteiger partial charge < -0.3 is 8.83 Å². The van der Waals surface area contributed by atoms with Crippen LogP contribution in [0.2, 0.25) is 0 Å². The molecule has 9 aromatic carbocycles. The van der Waals surface area contributed by atoms with E-state index in [4.69, 9.17) is 8.83 Å². The molecule has 0 bridgehead atoms. The maximum atomic E-state index is 6.81. The van der Waals surface area contributed by atoms with Gasteiger partial charge in [0.1, 0.15) is 11.3 Å². The second kappa shape index (κ2) is 12.2. The Morgan fingerprint density at radius 1 is 0.241 bits per heavy atom. The van der Waals surface area contributed by atoms with E-state index in [1.807, 2.05) is 12.1 Å². The highest BCUT2D eigenvalue weighted by Gasteiger charge is 2.23. The van der Waals surface area contributed by atoms with Crippen molar-refractivity contribution in [3.8, 4) is 55.8 Å². The molecule has 2 nitrogen and oxygen atoms in total. The van der Waals surface area contributed by atoms with Gasteiger partial charge in [-0.1, -0.05) is 164 Å². The maximum absolute atomic E-state index is 6.81. The second-order valence-electron chi connectivity index (χ2n) is 14.0. The molecule has 0 saturated heterocycles. The molecule has 11 aromatic rings. The van der Waals surface area contributed by atoms with Gasteiger partial charge in [0.2, 0.25) is 0 Å². The zero-order valence-corrected chi connectivity index (χ0v) is 29.3. The Bertz CT molecular complexity index is 3130. The van der Waals surface area contributed by atoms with Crippen LogP contribution in [0, 0.1) is 0 Å². The Kier molecular flexibility index (Phi) is 6.90. The van der Waals surface area contributed by atoms with Crippen LogP contribution in [0.3, 0.4) is 0 Å². The van der Waals surface area contributed by atoms with Crippen molar-refractivity contribution < 1.29 is 8.83 Å². The molecule has 0 aliphatic heterocycles. The predicted molar refractivity (Wildman–Crippen MR) is 226 cm³/mol. The molecule has 2 heterocycles. The fraction of sp³-hybridized carbons (Fsp3) is 0. The lowest BCUT2D eigenvalue weighted by atomic mass is 9.85. The largest absolute Gasteiger partial charge is 0.452 e. The van der Waals surface area contributed by atoms with E-state index < -0.39 is 0 Å². The molecule has 11 rings (SSSR count). The number of furan rings is 2. The van der Waals surface area contributed by atoms with E-state index in [1.54, 1.807) is 0 Å². The fourth-order valence-corrected chi connectivity index (χ4v) is 8.46. The number of hydrogen-bond donors (Lipinski definition) is 0. The molecule has 0 spiro atoms. The van der Waals surface area contributed by atoms with Crippen LogP contribution in [0.15, 0.2) is 203 Å². The first-order valence-electron chi connectivity index (χ1n) is 18.4. The van der Waals surface area contributed by atoms with Crippen molar-refractivity contribution in [2.75, 3.05) is 0 Å². The first-order chi connectivity index (χ1) is 26.8. The van der Waals surface area contributed by atoms with Gasteiger partial charge in [0, 0.05) is 27.3 Å². The lowest BCUT2D eigenvalue weighted by molar-refractivity contribution is 0.612. The van der Waals surface area contributed by atoms with Crippen LogP contribution in [0.1, 0.15) is 0 Å². The van der Waals surface area contributed by atoms with Gasteiger partial charge in [-0.25, -0.2) is 0 Å². The summed E-state index contributed by atoms with van der Waals surface area (Å²) in [5.41, 5.74) is 12.8. The van der Waals surface area contributed by atoms with Crippen LogP contribution in [-0.4, -0.2) is 0 Å². The Labute approximate surface area is 312 Å². The summed E-state index contributed by atoms with van der Waals surface area (Å²) in [5, 5.41) is 8.04. The van der Waals surface area contributed by atoms with Gasteiger partial charge >= 0.3 is 0 Å². The lowest BCUT2D eigenvalue weighted by Crippen LogP contribution is -1.91. The Morgan fingerprint density at radius 2 is 0.722 bits per heavy atom. The molecule has 0 aliphatic carbocycles. The molecule has 2 aromatic heterocycles. The summed E-state index contributed by atoms with van der Waals surface area (Å²) in [7, 11) is 0. The first-order valence-corrected chi connectivity index (χ1v) is 18.4. The molecule has 54 heavy (non-hydrogen) atoms. The van der Waals surface area contributed by atoms with E-state index in [0.717, 1.165) is 60.9 Å². The molecule has 0 radical (unpaired) electrons. The van der Waals surface area contributed by atoms with E-state index in [1.165, 1.54) is 49.4 Å². The van der Waals surface area contributed by atoms with Gasteiger partial charge in [0.15, 0.2) is 11.2 Å². The maximum Gasteiger partial charge on any atom is 0.178 e. The quantitative estimate of drug-likeness (QED) is 0.168. The van der Waals surface area contributed by atoms with Gasteiger partial charge in [-0.3, -0.25) is 0 Å². The highest BCUT2D eigenvalue weighted by molar-refractivity contribution is 6.23. The van der Waals surface area contributed by atoms with Crippen LogP contribution in [0.5, 0.6) is 0 Å². The molecule has 0 aliphatic rings. The summed E-state index contributed by atoms with van der Waals surface area (Å²) in [5.74, 6) is 0.845. The minimum atomic E-state index is 0.765. The highest BCUT2D eigenvalue weighted by Crippen LogP contribution is 2.48. The average Bonchev–Trinajstić information content (AvgIpc) is 3.83. The van der Waals surface area contributed by atoms with Gasteiger partial charge in [-0.15, -0.1) is 0 Å². The smallest absolute Gasteiger partial charge is 0.178 e. The summed E-state index contributed by atoms with van der Waals surface area (Å²) in [6.45, 7) is 0. The van der Waals surface area contributed by atoms with Crippen molar-refractivity contribution in [3.05, 3.63) is 194 Å². The summed E-state index contributed by atoms with van der Waals surface area (Å²) in [6.07, 6.45) is 0. The normalized spacial score (nSPS) is 11.7. The SMILES string of the molecule is c1ccc(-c2cccc(-c3c4ccccc4c(-c4ccc5oc6c(ccc7c(-c8ccccc8)c(-c8ccccc8)oc76)c5c4)c4ccccc34)c2)cc1. The Balaban J connectivity index is 1.14. The Hall–Kier alpha value is -7.16. The van der Waals surface area contributed by atoms with Crippen molar-refractivity contribution in [2.45, 2.75) is 0 Å². The molecular weight excluding hydrogens is 657 g/mol. The van der Waals surface area contributed by atoms with Crippen molar-refractivity contribution in [1.82, 2.24) is 0 Å². The molecule has 0 N–H and O–H groups in total. The molecule has 0 saturated carbocycles. The third-order valence-electron chi connectivity index (χ3n) is 10.9. The molecule has 2 heteroatoms. The molecule has 0 atom stereocenters. The van der Waals surface area contributed by atoms with Crippen LogP contribution in [0.25, 0.3) is 110 Å². The van der Waals surface area contributed by atoms with Gasteiger partial charge in [0.05, 0.1) is 0 Å². The van der Waals surface area contributed by atoms with Crippen molar-refractivity contribution in [1.29, 1.82) is 0 Å². The molecule has 0 fully saturated rings. The van der Waals surface area contributed by atoms with Crippen LogP contribution < -0.4 is 0 Å². The predicted octanol–water partition coefficient (Wildman–Crippen LogP) is 15.0. The topological polar surface area (TPSA) is 26.3 Å². The number of fused-ring (bicyclic) bond motifs is 7. The molecule has 252 valence electrons. The molecule has 0 unspecified atom stereocenters. The monoisotopic (exact) mass is 688 g/mol. The average molecular weight is 689 g/mol. The minimum absolute atomic E-state index is 0.765. The van der Waals surface area contributed by atoms with Gasteiger partial charge in [-0.2, -0.15) is 0 Å². The number of rotatable bonds is 5. The fourth-order valence-electron chi connectivity index (χ4n) is 8.46. The molecular formula is C52H32O2. The zero-order chi connectivity index (χ0) is 35.6. The van der Waals surface area contributed by atoms with Gasteiger partial charge in [0.25, 0.3) is 0 Å². The Morgan fingerprint density at radius 3 is 1.35 bits per heavy atom. The molecule has 0 amide bonds. The second-order valence-corrected chi connectivity index (χ2v) is 14.0. The van der Waals surface area contributed by atoms with Crippen molar-refractivity contribution in [2.24, 2.45) is 0 Å². The first kappa shape index (κ1) is 30.5. The minimum Gasteiger partial charge on any atom is -0.452 e. The highest BCUT2D eigenvalue weighted by atomic mass is 16.4. The number of benzene rings is 9. The van der Waals surface area contributed by atoms with Gasteiger partial charge in [-0.05, 0) is 90.8 Å². The van der Waals surface area contributed by atoms with E-state index >= 15 is 0 Å². The lowest BCUT2D eigenvalue weighted by Gasteiger charge is -2.18. The van der Waals surface area contributed by atoms with Crippen LogP contribution in [0.4, 0.5) is 0 Å². The van der Waals surface area contributed by atoms with Crippen LogP contribution in [-0.2, 0) is 0 Å². The standard InChI is InChI=1S/C52H32O2/c1-4-15-33(16-5-1)36-21-14-22-37(31-36)47-39-23-10-12-25-41(39)48(42-26-13-11-24-40(42)47)38-27-30-46-45(32-38)43-28-29-44-49(34-17-6-2-7-18-34)50(35-19-8-3-9-20-35)54-52(44)51(43)53-46/h1-32H. The summed E-state index contributed by atoms with van der Waals surface area (Å²) in [4.78, 5) is 0. The third-order valence-corrected chi connectivity index (χ3v) is 10.9.